The molecule has 0 aromatic heterocycles. The van der Waals surface area contributed by atoms with Crippen LogP contribution in [0.4, 0.5) is 20.2 Å². The van der Waals surface area contributed by atoms with Crippen molar-refractivity contribution in [3.8, 4) is 11.1 Å². The lowest BCUT2D eigenvalue weighted by molar-refractivity contribution is 0.413. The Morgan fingerprint density at radius 1 is 0.773 bits per heavy atom. The van der Waals surface area contributed by atoms with Crippen LogP contribution in [0.15, 0.2) is 61.7 Å². The minimum atomic E-state index is -1.40. The van der Waals surface area contributed by atoms with Crippen LogP contribution in [0.2, 0.25) is 0 Å². The maximum Gasteiger partial charge on any atom is 0.144 e. The molecule has 2 nitrogen and oxygen atoms in total. The van der Waals surface area contributed by atoms with Crippen molar-refractivity contribution in [1.82, 2.24) is 0 Å². The molecule has 2 unspecified atom stereocenters. The Hall–Kier alpha value is -2.62. The summed E-state index contributed by atoms with van der Waals surface area (Å²) in [6.45, 7) is 6.93. The highest BCUT2D eigenvalue weighted by Crippen LogP contribution is 2.38. The van der Waals surface area contributed by atoms with E-state index in [2.05, 4.69) is 13.2 Å². The molecule has 2 aromatic carbocycles. The molecule has 2 aromatic rings. The lowest BCUT2D eigenvalue weighted by Gasteiger charge is -2.17. The highest BCUT2D eigenvalue weighted by atomic mass is 19.1. The molecule has 2 rings (SSSR count). The summed E-state index contributed by atoms with van der Waals surface area (Å²) in [4.78, 5) is 0. The van der Waals surface area contributed by atoms with Gasteiger partial charge >= 0.3 is 0 Å². The number of rotatable bonds is 5. The second kappa shape index (κ2) is 6.43. The van der Waals surface area contributed by atoms with E-state index >= 15 is 0 Å². The fraction of sp³-hybridized carbons (Fsp3) is 0.111. The SMILES string of the molecule is C=CC(F)c1cc(N)ccc1-c1ccc(N)cc1C(F)C=C. The Kier molecular flexibility index (Phi) is 4.61. The van der Waals surface area contributed by atoms with Gasteiger partial charge in [0.1, 0.15) is 12.3 Å². The normalized spacial score (nSPS) is 13.4. The van der Waals surface area contributed by atoms with Crippen LogP contribution >= 0.6 is 0 Å². The van der Waals surface area contributed by atoms with Crippen molar-refractivity contribution in [1.29, 1.82) is 0 Å². The van der Waals surface area contributed by atoms with Crippen LogP contribution in [0.25, 0.3) is 11.1 Å². The molecule has 0 aliphatic carbocycles. The first-order valence-corrected chi connectivity index (χ1v) is 6.80. The number of nitrogens with two attached hydrogens (primary N) is 2. The topological polar surface area (TPSA) is 52.0 Å². The molecule has 0 radical (unpaired) electrons. The van der Waals surface area contributed by atoms with E-state index in [1.807, 2.05) is 0 Å². The highest BCUT2D eigenvalue weighted by molar-refractivity contribution is 5.75. The fourth-order valence-corrected chi connectivity index (χ4v) is 2.36. The van der Waals surface area contributed by atoms with E-state index in [-0.39, 0.29) is 0 Å². The second-order valence-corrected chi connectivity index (χ2v) is 4.97. The number of hydrogen-bond acceptors (Lipinski definition) is 2. The summed E-state index contributed by atoms with van der Waals surface area (Å²) in [6, 6.07) is 9.70. The van der Waals surface area contributed by atoms with Gasteiger partial charge in [0, 0.05) is 11.4 Å². The van der Waals surface area contributed by atoms with Gasteiger partial charge in [-0.3, -0.25) is 0 Å². The third-order valence-electron chi connectivity index (χ3n) is 3.45. The van der Waals surface area contributed by atoms with Crippen molar-refractivity contribution in [3.05, 3.63) is 72.8 Å². The summed E-state index contributed by atoms with van der Waals surface area (Å²) < 4.78 is 28.3. The minimum Gasteiger partial charge on any atom is -0.399 e. The Morgan fingerprint density at radius 2 is 1.14 bits per heavy atom. The van der Waals surface area contributed by atoms with E-state index in [9.17, 15) is 8.78 Å². The maximum absolute atomic E-state index is 14.2. The van der Waals surface area contributed by atoms with Crippen molar-refractivity contribution in [2.45, 2.75) is 12.3 Å². The summed E-state index contributed by atoms with van der Waals surface area (Å²) in [5, 5.41) is 0. The molecule has 0 spiro atoms. The number of halogens is 2. The van der Waals surface area contributed by atoms with Gasteiger partial charge in [-0.1, -0.05) is 37.4 Å². The van der Waals surface area contributed by atoms with Gasteiger partial charge in [-0.05, 0) is 46.5 Å². The van der Waals surface area contributed by atoms with Crippen LogP contribution in [0.5, 0.6) is 0 Å². The summed E-state index contributed by atoms with van der Waals surface area (Å²) in [5.74, 6) is 0. The maximum atomic E-state index is 14.2. The zero-order valence-corrected chi connectivity index (χ0v) is 12.1. The standard InChI is InChI=1S/C18H18F2N2/c1-3-17(19)15-9-11(21)5-7-13(15)14-8-6-12(22)10-16(14)18(20)4-2/h3-10,17-18H,1-2,21-22H2. The fourth-order valence-electron chi connectivity index (χ4n) is 2.36. The van der Waals surface area contributed by atoms with Crippen molar-refractivity contribution in [3.63, 3.8) is 0 Å². The van der Waals surface area contributed by atoms with Crippen molar-refractivity contribution in [2.75, 3.05) is 11.5 Å². The Labute approximate surface area is 128 Å². The number of allylic oxidation sites excluding steroid dienone is 2. The molecule has 4 heteroatoms. The number of benzene rings is 2. The molecule has 0 amide bonds. The van der Waals surface area contributed by atoms with E-state index in [0.29, 0.717) is 33.6 Å². The van der Waals surface area contributed by atoms with Crippen molar-refractivity contribution < 1.29 is 8.78 Å². The second-order valence-electron chi connectivity index (χ2n) is 4.97. The van der Waals surface area contributed by atoms with E-state index in [1.165, 1.54) is 24.3 Å². The molecule has 0 fully saturated rings. The molecular weight excluding hydrogens is 282 g/mol. The summed E-state index contributed by atoms with van der Waals surface area (Å²) in [7, 11) is 0. The number of alkyl halides is 2. The van der Waals surface area contributed by atoms with E-state index in [4.69, 9.17) is 11.5 Å². The third kappa shape index (κ3) is 3.01. The first-order valence-electron chi connectivity index (χ1n) is 6.80. The molecule has 0 aliphatic heterocycles. The molecule has 0 bridgehead atoms. The molecule has 114 valence electrons. The first-order chi connectivity index (χ1) is 10.5. The van der Waals surface area contributed by atoms with Gasteiger partial charge in [0.15, 0.2) is 0 Å². The van der Waals surface area contributed by atoms with E-state index in [0.717, 1.165) is 0 Å². The van der Waals surface area contributed by atoms with Crippen LogP contribution in [0.3, 0.4) is 0 Å². The molecule has 2 atom stereocenters. The van der Waals surface area contributed by atoms with Gasteiger partial charge in [-0.2, -0.15) is 0 Å². The van der Waals surface area contributed by atoms with Gasteiger partial charge in [0.2, 0.25) is 0 Å². The van der Waals surface area contributed by atoms with E-state index < -0.39 is 12.3 Å². The smallest absolute Gasteiger partial charge is 0.144 e. The lowest BCUT2D eigenvalue weighted by Crippen LogP contribution is -2.00. The van der Waals surface area contributed by atoms with Crippen molar-refractivity contribution in [2.24, 2.45) is 0 Å². The van der Waals surface area contributed by atoms with Crippen LogP contribution in [0.1, 0.15) is 23.5 Å². The Balaban J connectivity index is 2.71. The zero-order chi connectivity index (χ0) is 16.3. The average molecular weight is 300 g/mol. The number of nitrogen functional groups attached to an aromatic ring is 2. The number of anilines is 2. The third-order valence-corrected chi connectivity index (χ3v) is 3.45. The van der Waals surface area contributed by atoms with Gasteiger partial charge in [0.05, 0.1) is 0 Å². The van der Waals surface area contributed by atoms with E-state index in [1.54, 1.807) is 24.3 Å². The van der Waals surface area contributed by atoms with Crippen molar-refractivity contribution >= 4 is 11.4 Å². The molecule has 0 saturated heterocycles. The summed E-state index contributed by atoms with van der Waals surface area (Å²) in [6.07, 6.45) is -0.442. The van der Waals surface area contributed by atoms with Gasteiger partial charge in [0.25, 0.3) is 0 Å². The van der Waals surface area contributed by atoms with Gasteiger partial charge in [-0.15, -0.1) is 0 Å². The Bertz CT molecular complexity index is 649. The molecular formula is C18H18F2N2. The van der Waals surface area contributed by atoms with Crippen LogP contribution in [0, 0.1) is 0 Å². The summed E-state index contributed by atoms with van der Waals surface area (Å²) in [5.41, 5.74) is 14.1. The quantitative estimate of drug-likeness (QED) is 0.609. The molecule has 4 N–H and O–H groups in total. The van der Waals surface area contributed by atoms with Crippen LogP contribution < -0.4 is 11.5 Å². The Morgan fingerprint density at radius 3 is 1.45 bits per heavy atom. The van der Waals surface area contributed by atoms with Gasteiger partial charge in [-0.25, -0.2) is 8.78 Å². The molecule has 0 aliphatic rings. The van der Waals surface area contributed by atoms with Gasteiger partial charge < -0.3 is 11.5 Å². The monoisotopic (exact) mass is 300 g/mol. The molecule has 0 saturated carbocycles. The predicted molar refractivity (Wildman–Crippen MR) is 88.8 cm³/mol. The zero-order valence-electron chi connectivity index (χ0n) is 12.1. The highest BCUT2D eigenvalue weighted by Gasteiger charge is 2.18. The number of hydrogen-bond donors (Lipinski definition) is 2. The first kappa shape index (κ1) is 15.8. The van der Waals surface area contributed by atoms with Crippen LogP contribution in [-0.2, 0) is 0 Å². The molecule has 0 heterocycles. The van der Waals surface area contributed by atoms with Crippen LogP contribution in [-0.4, -0.2) is 0 Å². The summed E-state index contributed by atoms with van der Waals surface area (Å²) >= 11 is 0. The average Bonchev–Trinajstić information content (AvgIpc) is 2.53. The lowest BCUT2D eigenvalue weighted by atomic mass is 9.91. The largest absolute Gasteiger partial charge is 0.399 e. The molecule has 22 heavy (non-hydrogen) atoms. The predicted octanol–water partition coefficient (Wildman–Crippen LogP) is 4.91. The minimum absolute atomic E-state index is 0.345.